The lowest BCUT2D eigenvalue weighted by atomic mass is 9.86. The topological polar surface area (TPSA) is 3.24 Å². The standard InChI is InChI=1S/C27H32FN/c1-4-26(13-14-26)20(3)29-18-27(15-16-27)19(2)24(29)17-22-11-8-12-23(25(22)28)21-9-6-5-7-10-21/h5-12,19,24H,3-4,13-18H2,1-2H3. The van der Waals surface area contributed by atoms with Crippen molar-refractivity contribution >= 4 is 0 Å². The molecule has 5 rings (SSSR count). The Kier molecular flexibility index (Phi) is 4.38. The van der Waals surface area contributed by atoms with Crippen molar-refractivity contribution in [2.24, 2.45) is 16.7 Å². The van der Waals surface area contributed by atoms with E-state index < -0.39 is 0 Å². The van der Waals surface area contributed by atoms with E-state index in [1.165, 1.54) is 37.8 Å². The van der Waals surface area contributed by atoms with Crippen molar-refractivity contribution in [3.8, 4) is 11.1 Å². The minimum Gasteiger partial charge on any atom is -0.371 e. The van der Waals surface area contributed by atoms with Gasteiger partial charge in [-0.1, -0.05) is 69.0 Å². The molecule has 2 aliphatic carbocycles. The van der Waals surface area contributed by atoms with Crippen LogP contribution in [0.2, 0.25) is 0 Å². The number of allylic oxidation sites excluding steroid dienone is 1. The number of benzene rings is 2. The van der Waals surface area contributed by atoms with Crippen LogP contribution in [0.1, 0.15) is 51.5 Å². The third-order valence-corrected chi connectivity index (χ3v) is 8.40. The van der Waals surface area contributed by atoms with E-state index in [-0.39, 0.29) is 5.82 Å². The second kappa shape index (κ2) is 6.72. The Morgan fingerprint density at radius 1 is 1.07 bits per heavy atom. The fourth-order valence-electron chi connectivity index (χ4n) is 5.74. The molecule has 1 spiro atoms. The zero-order valence-corrected chi connectivity index (χ0v) is 17.8. The average Bonchev–Trinajstić information content (AvgIpc) is 3.66. The van der Waals surface area contributed by atoms with Gasteiger partial charge in [0.1, 0.15) is 5.82 Å². The molecule has 2 atom stereocenters. The summed E-state index contributed by atoms with van der Waals surface area (Å²) < 4.78 is 15.5. The highest BCUT2D eigenvalue weighted by atomic mass is 19.1. The van der Waals surface area contributed by atoms with Crippen molar-refractivity contribution in [1.29, 1.82) is 0 Å². The van der Waals surface area contributed by atoms with Gasteiger partial charge in [-0.25, -0.2) is 4.39 Å². The van der Waals surface area contributed by atoms with Gasteiger partial charge >= 0.3 is 0 Å². The van der Waals surface area contributed by atoms with Crippen LogP contribution in [-0.4, -0.2) is 17.5 Å². The second-order valence-corrected chi connectivity index (χ2v) is 9.78. The van der Waals surface area contributed by atoms with Crippen molar-refractivity contribution in [2.45, 2.75) is 58.4 Å². The van der Waals surface area contributed by atoms with Crippen LogP contribution >= 0.6 is 0 Å². The highest BCUT2D eigenvalue weighted by Gasteiger charge is 2.59. The number of nitrogens with zero attached hydrogens (tertiary/aromatic N) is 1. The first-order chi connectivity index (χ1) is 14.0. The van der Waals surface area contributed by atoms with Crippen LogP contribution in [0.5, 0.6) is 0 Å². The summed E-state index contributed by atoms with van der Waals surface area (Å²) in [6.07, 6.45) is 7.12. The first-order valence-electron chi connectivity index (χ1n) is 11.3. The molecule has 3 fully saturated rings. The van der Waals surface area contributed by atoms with E-state index in [0.717, 1.165) is 24.1 Å². The molecule has 1 nitrogen and oxygen atoms in total. The van der Waals surface area contributed by atoms with Crippen LogP contribution < -0.4 is 0 Å². The molecule has 0 aromatic heterocycles. The SMILES string of the molecule is C=C(N1CC2(CC2)C(C)C1Cc1cccc(-c2ccccc2)c1F)C1(CC)CC1. The highest BCUT2D eigenvalue weighted by Crippen LogP contribution is 2.63. The predicted molar refractivity (Wildman–Crippen MR) is 118 cm³/mol. The molecule has 0 radical (unpaired) electrons. The van der Waals surface area contributed by atoms with Crippen LogP contribution in [0.15, 0.2) is 60.8 Å². The van der Waals surface area contributed by atoms with Gasteiger partial charge in [-0.3, -0.25) is 0 Å². The van der Waals surface area contributed by atoms with E-state index in [9.17, 15) is 0 Å². The van der Waals surface area contributed by atoms with Gasteiger partial charge in [0.2, 0.25) is 0 Å². The van der Waals surface area contributed by atoms with E-state index in [1.807, 2.05) is 48.5 Å². The van der Waals surface area contributed by atoms with E-state index in [2.05, 4.69) is 25.3 Å². The zero-order chi connectivity index (χ0) is 20.2. The molecule has 0 amide bonds. The fourth-order valence-corrected chi connectivity index (χ4v) is 5.74. The fraction of sp³-hybridized carbons (Fsp3) is 0.481. The minimum absolute atomic E-state index is 0.0511. The smallest absolute Gasteiger partial charge is 0.134 e. The van der Waals surface area contributed by atoms with Crippen LogP contribution in [0.4, 0.5) is 4.39 Å². The summed E-state index contributed by atoms with van der Waals surface area (Å²) in [5, 5.41) is 0. The number of likely N-dealkylation sites (tertiary alicyclic amines) is 1. The molecule has 0 bridgehead atoms. The van der Waals surface area contributed by atoms with Crippen molar-refractivity contribution in [1.82, 2.24) is 4.90 Å². The van der Waals surface area contributed by atoms with Crippen molar-refractivity contribution < 1.29 is 4.39 Å². The number of hydrogen-bond acceptors (Lipinski definition) is 1. The Labute approximate surface area is 174 Å². The van der Waals surface area contributed by atoms with Crippen LogP contribution in [0, 0.1) is 22.6 Å². The van der Waals surface area contributed by atoms with Crippen molar-refractivity contribution in [3.05, 3.63) is 72.2 Å². The van der Waals surface area contributed by atoms with E-state index in [4.69, 9.17) is 0 Å². The van der Waals surface area contributed by atoms with Gasteiger partial charge in [0.15, 0.2) is 0 Å². The first-order valence-corrected chi connectivity index (χ1v) is 11.3. The highest BCUT2D eigenvalue weighted by molar-refractivity contribution is 5.65. The predicted octanol–water partition coefficient (Wildman–Crippen LogP) is 6.84. The zero-order valence-electron chi connectivity index (χ0n) is 17.8. The Bertz CT molecular complexity index is 923. The maximum absolute atomic E-state index is 15.5. The summed E-state index contributed by atoms with van der Waals surface area (Å²) in [5.41, 5.74) is 4.62. The summed E-state index contributed by atoms with van der Waals surface area (Å²) >= 11 is 0. The lowest BCUT2D eigenvalue weighted by Crippen LogP contribution is -2.36. The number of hydrogen-bond donors (Lipinski definition) is 0. The maximum atomic E-state index is 15.5. The first kappa shape index (κ1) is 18.9. The number of halogens is 1. The van der Waals surface area contributed by atoms with Crippen molar-refractivity contribution in [3.63, 3.8) is 0 Å². The minimum atomic E-state index is -0.0511. The third kappa shape index (κ3) is 3.03. The van der Waals surface area contributed by atoms with Gasteiger partial charge in [0.25, 0.3) is 0 Å². The molecular formula is C27H32FN. The molecular weight excluding hydrogens is 357 g/mol. The quantitative estimate of drug-likeness (QED) is 0.523. The van der Waals surface area contributed by atoms with Crippen molar-refractivity contribution in [2.75, 3.05) is 6.54 Å². The molecule has 152 valence electrons. The lowest BCUT2D eigenvalue weighted by molar-refractivity contribution is 0.246. The Morgan fingerprint density at radius 2 is 1.79 bits per heavy atom. The molecule has 3 aliphatic rings. The monoisotopic (exact) mass is 389 g/mol. The van der Waals surface area contributed by atoms with Crippen LogP contribution in [0.25, 0.3) is 11.1 Å². The summed E-state index contributed by atoms with van der Waals surface area (Å²) in [6.45, 7) is 10.4. The lowest BCUT2D eigenvalue weighted by Gasteiger charge is -2.34. The second-order valence-electron chi connectivity index (χ2n) is 9.78. The maximum Gasteiger partial charge on any atom is 0.134 e. The van der Waals surface area contributed by atoms with Gasteiger partial charge in [0, 0.05) is 29.3 Å². The largest absolute Gasteiger partial charge is 0.371 e. The normalized spacial score (nSPS) is 26.0. The molecule has 2 aromatic rings. The van der Waals surface area contributed by atoms with Gasteiger partial charge < -0.3 is 4.90 Å². The summed E-state index contributed by atoms with van der Waals surface area (Å²) in [7, 11) is 0. The van der Waals surface area contributed by atoms with E-state index in [0.29, 0.717) is 28.4 Å². The van der Waals surface area contributed by atoms with E-state index in [1.54, 1.807) is 0 Å². The Morgan fingerprint density at radius 3 is 2.41 bits per heavy atom. The summed E-state index contributed by atoms with van der Waals surface area (Å²) in [6, 6.07) is 16.2. The molecule has 0 N–H and O–H groups in total. The molecule has 1 saturated heterocycles. The average molecular weight is 390 g/mol. The molecule has 2 unspecified atom stereocenters. The molecule has 2 saturated carbocycles. The number of rotatable bonds is 6. The van der Waals surface area contributed by atoms with E-state index >= 15 is 4.39 Å². The summed E-state index contributed by atoms with van der Waals surface area (Å²) in [5.74, 6) is 0.538. The summed E-state index contributed by atoms with van der Waals surface area (Å²) in [4.78, 5) is 2.60. The van der Waals surface area contributed by atoms with Gasteiger partial charge in [-0.15, -0.1) is 0 Å². The van der Waals surface area contributed by atoms with Gasteiger partial charge in [0.05, 0.1) is 0 Å². The Balaban J connectivity index is 1.46. The Hall–Kier alpha value is -2.09. The third-order valence-electron chi connectivity index (χ3n) is 8.40. The molecule has 1 aliphatic heterocycles. The molecule has 1 heterocycles. The molecule has 2 aromatic carbocycles. The molecule has 29 heavy (non-hydrogen) atoms. The van der Waals surface area contributed by atoms with Crippen LogP contribution in [-0.2, 0) is 6.42 Å². The molecule has 2 heteroatoms. The van der Waals surface area contributed by atoms with Crippen LogP contribution in [0.3, 0.4) is 0 Å². The van der Waals surface area contributed by atoms with Gasteiger partial charge in [-0.2, -0.15) is 0 Å². The van der Waals surface area contributed by atoms with Gasteiger partial charge in [-0.05, 0) is 61.0 Å².